The summed E-state index contributed by atoms with van der Waals surface area (Å²) in [6.07, 6.45) is 13.4. The molecule has 0 spiro atoms. The predicted molar refractivity (Wildman–Crippen MR) is 195 cm³/mol. The summed E-state index contributed by atoms with van der Waals surface area (Å²) in [4.78, 5) is 20.6. The lowest BCUT2D eigenvalue weighted by molar-refractivity contribution is -0.119. The van der Waals surface area contributed by atoms with Gasteiger partial charge in [0, 0.05) is 31.7 Å². The number of anilines is 1. The average Bonchev–Trinajstić information content (AvgIpc) is 2.94. The molecule has 0 aromatic heterocycles. The molecule has 0 aliphatic heterocycles. The second kappa shape index (κ2) is 40.8. The quantitative estimate of drug-likeness (QED) is 0.0540. The van der Waals surface area contributed by atoms with E-state index in [1.54, 1.807) is 13.0 Å². The molecule has 1 amide bonds. The van der Waals surface area contributed by atoms with Gasteiger partial charge in [0.15, 0.2) is 0 Å². The molecule has 1 aromatic carbocycles. The highest BCUT2D eigenvalue weighted by molar-refractivity contribution is 7.84. The van der Waals surface area contributed by atoms with Gasteiger partial charge < -0.3 is 26.5 Å². The molecule has 0 fully saturated rings. The number of unbranched alkanes of at least 4 members (excludes halogenated alkanes) is 2. The third-order valence-electron chi connectivity index (χ3n) is 4.79. The molecule has 2 unspecified atom stereocenters. The Morgan fingerprint density at radius 2 is 1.55 bits per heavy atom. The minimum atomic E-state index is 0.0225. The minimum Gasteiger partial charge on any atom is -0.388 e. The van der Waals surface area contributed by atoms with Gasteiger partial charge in [-0.15, -0.1) is 12.6 Å². The normalized spacial score (nSPS) is 11.2. The predicted octanol–water partition coefficient (Wildman–Crippen LogP) is 8.36. The summed E-state index contributed by atoms with van der Waals surface area (Å²) >= 11 is 3.97. The lowest BCUT2D eigenvalue weighted by Crippen LogP contribution is -2.31. The number of nitrogens with two attached hydrogens (primary N) is 1. The number of amides is 1. The number of nitrogens with one attached hydrogen (secondary N) is 3. The molecule has 0 saturated carbocycles. The van der Waals surface area contributed by atoms with Crippen molar-refractivity contribution in [1.29, 1.82) is 0 Å². The van der Waals surface area contributed by atoms with Gasteiger partial charge in [0.05, 0.1) is 0 Å². The van der Waals surface area contributed by atoms with Crippen molar-refractivity contribution in [2.75, 3.05) is 25.5 Å². The maximum absolute atomic E-state index is 10.8. The summed E-state index contributed by atoms with van der Waals surface area (Å²) in [5.74, 6) is 0.685. The summed E-state index contributed by atoms with van der Waals surface area (Å²) < 4.78 is 0. The van der Waals surface area contributed by atoms with Crippen LogP contribution >= 0.6 is 12.6 Å². The van der Waals surface area contributed by atoms with Gasteiger partial charge in [-0.2, -0.15) is 0 Å². The number of aldehydes is 1. The van der Waals surface area contributed by atoms with E-state index in [4.69, 9.17) is 10.5 Å². The van der Waals surface area contributed by atoms with Gasteiger partial charge in [-0.25, -0.2) is 0 Å². The SMILES string of the molecule is C/C=C\C(C)NCCCCC.C=C/C=C(\C)S.CC.CC(C)CN.CC=O.CNc1ccc(CC(C)NC(C)=O)cc1. The van der Waals surface area contributed by atoms with E-state index in [1.165, 1.54) is 31.7 Å². The van der Waals surface area contributed by atoms with Crippen molar-refractivity contribution >= 4 is 30.5 Å². The van der Waals surface area contributed by atoms with E-state index in [0.717, 1.165) is 36.4 Å². The van der Waals surface area contributed by atoms with Crippen LogP contribution in [0.5, 0.6) is 0 Å². The fourth-order valence-corrected chi connectivity index (χ4v) is 2.90. The third kappa shape index (κ3) is 50.5. The molecule has 0 heterocycles. The fourth-order valence-electron chi connectivity index (χ4n) is 2.79. The second-order valence-electron chi connectivity index (χ2n) is 9.64. The molecule has 0 bridgehead atoms. The summed E-state index contributed by atoms with van der Waals surface area (Å²) in [5.41, 5.74) is 7.51. The zero-order valence-corrected chi connectivity index (χ0v) is 30.1. The van der Waals surface area contributed by atoms with Crippen molar-refractivity contribution in [2.24, 2.45) is 11.7 Å². The molecule has 0 aliphatic carbocycles. The van der Waals surface area contributed by atoms with Crippen LogP contribution in [0.25, 0.3) is 0 Å². The van der Waals surface area contributed by atoms with Gasteiger partial charge in [-0.05, 0) is 89.1 Å². The van der Waals surface area contributed by atoms with E-state index in [1.807, 2.05) is 53.0 Å². The molecule has 7 heteroatoms. The van der Waals surface area contributed by atoms with Crippen molar-refractivity contribution < 1.29 is 9.59 Å². The number of carbonyl (C=O) groups excluding carboxylic acids is 2. The maximum Gasteiger partial charge on any atom is 0.217 e. The first-order chi connectivity index (χ1) is 19.9. The number of thiol groups is 1. The Morgan fingerprint density at radius 3 is 1.86 bits per heavy atom. The summed E-state index contributed by atoms with van der Waals surface area (Å²) in [7, 11) is 1.90. The van der Waals surface area contributed by atoms with Gasteiger partial charge in [-0.3, -0.25) is 4.79 Å². The van der Waals surface area contributed by atoms with Gasteiger partial charge >= 0.3 is 0 Å². The Kier molecular flexibility index (Phi) is 47.9. The standard InChI is InChI=1S/C12H18N2O.C10H21N.C5H8S.C4H11N.C2H4O.C2H6/c1-9(14-10(2)15)8-11-4-6-12(13-3)7-5-11;1-4-6-7-9-11-10(3)8-5-2;1-3-4-5(2)6;1-4(2)3-5;1-2-3;1-2/h4-7,9,13H,8H2,1-3H3,(H,14,15);5,8,10-11H,4,6-7,9H2,1-3H3;3-4,6H,1H2,2H3;4H,3,5H2,1-2H3;2H,1H3;1-2H3/b;8-5-;5-4+;;;. The molecule has 5 N–H and O–H groups in total. The minimum absolute atomic E-state index is 0.0225. The van der Waals surface area contributed by atoms with E-state index < -0.39 is 0 Å². The van der Waals surface area contributed by atoms with Crippen LogP contribution in [0, 0.1) is 5.92 Å². The first kappa shape index (κ1) is 49.3. The highest BCUT2D eigenvalue weighted by Crippen LogP contribution is 2.10. The van der Waals surface area contributed by atoms with Gasteiger partial charge in [0.1, 0.15) is 6.29 Å². The Labute approximate surface area is 266 Å². The van der Waals surface area contributed by atoms with Crippen molar-refractivity contribution in [2.45, 2.75) is 114 Å². The number of benzene rings is 1. The van der Waals surface area contributed by atoms with Crippen LogP contribution in [0.2, 0.25) is 0 Å². The van der Waals surface area contributed by atoms with E-state index in [0.29, 0.717) is 12.0 Å². The number of allylic oxidation sites excluding steroid dienone is 4. The first-order valence-electron chi connectivity index (χ1n) is 15.4. The molecule has 0 aliphatic rings. The summed E-state index contributed by atoms with van der Waals surface area (Å²) in [6, 6.07) is 8.94. The van der Waals surface area contributed by atoms with Crippen LogP contribution in [0.15, 0.2) is 60.1 Å². The first-order valence-corrected chi connectivity index (χ1v) is 15.8. The molecule has 1 rings (SSSR count). The number of hydrogen-bond donors (Lipinski definition) is 5. The molecule has 246 valence electrons. The van der Waals surface area contributed by atoms with Crippen molar-refractivity contribution in [3.05, 3.63) is 65.6 Å². The van der Waals surface area contributed by atoms with E-state index >= 15 is 0 Å². The van der Waals surface area contributed by atoms with Crippen molar-refractivity contribution in [3.8, 4) is 0 Å². The molecule has 0 radical (unpaired) electrons. The Balaban J connectivity index is -0.000000148. The monoisotopic (exact) mass is 609 g/mol. The number of hydrogen-bond acceptors (Lipinski definition) is 6. The molecule has 2 atom stereocenters. The smallest absolute Gasteiger partial charge is 0.217 e. The maximum atomic E-state index is 10.8. The summed E-state index contributed by atoms with van der Waals surface area (Å²) in [6.45, 7) is 27.0. The van der Waals surface area contributed by atoms with E-state index in [-0.39, 0.29) is 11.9 Å². The Hall–Kier alpha value is -2.35. The highest BCUT2D eigenvalue weighted by Gasteiger charge is 2.04. The molecule has 6 nitrogen and oxygen atoms in total. The zero-order valence-electron chi connectivity index (χ0n) is 29.2. The molecular weight excluding hydrogens is 540 g/mol. The third-order valence-corrected chi connectivity index (χ3v) is 4.94. The van der Waals surface area contributed by atoms with Crippen molar-refractivity contribution in [3.63, 3.8) is 0 Å². The lowest BCUT2D eigenvalue weighted by atomic mass is 10.1. The average molecular weight is 609 g/mol. The molecule has 0 saturated heterocycles. The van der Waals surface area contributed by atoms with Crippen LogP contribution in [-0.2, 0) is 16.0 Å². The number of rotatable bonds is 12. The van der Waals surface area contributed by atoms with Crippen LogP contribution < -0.4 is 21.7 Å². The van der Waals surface area contributed by atoms with Crippen LogP contribution in [0.3, 0.4) is 0 Å². The molecular formula is C35H68N4O2S. The van der Waals surface area contributed by atoms with Crippen molar-refractivity contribution in [1.82, 2.24) is 10.6 Å². The van der Waals surface area contributed by atoms with Gasteiger partial charge in [0.25, 0.3) is 0 Å². The van der Waals surface area contributed by atoms with Gasteiger partial charge in [-0.1, -0.05) is 90.5 Å². The van der Waals surface area contributed by atoms with Crippen LogP contribution in [0.4, 0.5) is 5.69 Å². The fraction of sp³-hybridized carbons (Fsp3) is 0.600. The van der Waals surface area contributed by atoms with Crippen LogP contribution in [0.1, 0.15) is 101 Å². The van der Waals surface area contributed by atoms with E-state index in [9.17, 15) is 4.79 Å². The van der Waals surface area contributed by atoms with Crippen LogP contribution in [-0.4, -0.2) is 44.4 Å². The molecule has 1 aromatic rings. The highest BCUT2D eigenvalue weighted by atomic mass is 32.1. The zero-order chi connectivity index (χ0) is 33.8. The molecule has 42 heavy (non-hydrogen) atoms. The lowest BCUT2D eigenvalue weighted by Gasteiger charge is -2.12. The second-order valence-corrected chi connectivity index (χ2v) is 10.3. The topological polar surface area (TPSA) is 96.2 Å². The summed E-state index contributed by atoms with van der Waals surface area (Å²) in [5, 5.41) is 9.37. The van der Waals surface area contributed by atoms with E-state index in [2.05, 4.69) is 94.1 Å². The number of carbonyl (C=O) groups is 2. The van der Waals surface area contributed by atoms with Gasteiger partial charge in [0.2, 0.25) is 5.91 Å². The Bertz CT molecular complexity index is 759. The Morgan fingerprint density at radius 1 is 1.05 bits per heavy atom. The largest absolute Gasteiger partial charge is 0.388 e.